The van der Waals surface area contributed by atoms with Crippen LogP contribution in [-0.2, 0) is 0 Å². The summed E-state index contributed by atoms with van der Waals surface area (Å²) in [6.45, 7) is 3.83. The average Bonchev–Trinajstić information content (AvgIpc) is 3.48. The molecule has 2 fully saturated rings. The van der Waals surface area contributed by atoms with Gasteiger partial charge in [-0.05, 0) is 37.1 Å². The van der Waals surface area contributed by atoms with Crippen LogP contribution >= 0.6 is 35.6 Å². The van der Waals surface area contributed by atoms with Gasteiger partial charge in [0, 0.05) is 35.8 Å². The summed E-state index contributed by atoms with van der Waals surface area (Å²) in [5.41, 5.74) is 4.35. The van der Waals surface area contributed by atoms with Crippen molar-refractivity contribution in [2.24, 2.45) is 0 Å². The Morgan fingerprint density at radius 2 is 1.81 bits per heavy atom. The van der Waals surface area contributed by atoms with Gasteiger partial charge in [0.2, 0.25) is 5.95 Å². The van der Waals surface area contributed by atoms with Crippen molar-refractivity contribution in [3.8, 4) is 22.4 Å². The molecular formula is C23H21Cl3N6. The van der Waals surface area contributed by atoms with Crippen molar-refractivity contribution in [1.82, 2.24) is 24.9 Å². The van der Waals surface area contributed by atoms with Crippen LogP contribution < -0.4 is 10.2 Å². The molecule has 164 valence electrons. The molecule has 2 saturated heterocycles. The van der Waals surface area contributed by atoms with Gasteiger partial charge in [0.05, 0.1) is 10.6 Å². The van der Waals surface area contributed by atoms with E-state index < -0.39 is 0 Å². The molecular weight excluding hydrogens is 467 g/mol. The minimum absolute atomic E-state index is 0. The molecule has 0 aliphatic carbocycles. The van der Waals surface area contributed by atoms with Gasteiger partial charge in [-0.25, -0.2) is 4.98 Å². The second kappa shape index (κ2) is 8.19. The molecule has 2 aliphatic heterocycles. The van der Waals surface area contributed by atoms with Gasteiger partial charge >= 0.3 is 0 Å². The molecule has 1 N–H and O–H groups in total. The summed E-state index contributed by atoms with van der Waals surface area (Å²) in [6.07, 6.45) is 1.13. The molecule has 0 spiro atoms. The average molecular weight is 488 g/mol. The van der Waals surface area contributed by atoms with Gasteiger partial charge in [-0.2, -0.15) is 14.6 Å². The Labute approximate surface area is 202 Å². The fraction of sp³-hybridized carbons (Fsp3) is 0.261. The van der Waals surface area contributed by atoms with Gasteiger partial charge in [0.25, 0.3) is 0 Å². The quantitative estimate of drug-likeness (QED) is 0.438. The number of halogens is 3. The van der Waals surface area contributed by atoms with E-state index in [4.69, 9.17) is 38.3 Å². The number of rotatable bonds is 3. The van der Waals surface area contributed by atoms with Gasteiger partial charge in [-0.3, -0.25) is 0 Å². The normalized spacial score (nSPS) is 19.5. The van der Waals surface area contributed by atoms with Crippen molar-refractivity contribution >= 4 is 47.2 Å². The fourth-order valence-corrected chi connectivity index (χ4v) is 5.09. The number of fused-ring (bicyclic) bond motifs is 3. The monoisotopic (exact) mass is 486 g/mol. The molecule has 6 rings (SSSR count). The van der Waals surface area contributed by atoms with Crippen LogP contribution in [0.2, 0.25) is 10.0 Å². The van der Waals surface area contributed by atoms with Crippen LogP contribution in [0.4, 0.5) is 5.95 Å². The third kappa shape index (κ3) is 3.42. The van der Waals surface area contributed by atoms with Crippen LogP contribution in [0.5, 0.6) is 0 Å². The highest BCUT2D eigenvalue weighted by molar-refractivity contribution is 6.33. The van der Waals surface area contributed by atoms with Gasteiger partial charge in [-0.15, -0.1) is 12.4 Å². The Morgan fingerprint density at radius 3 is 2.50 bits per heavy atom. The zero-order chi connectivity index (χ0) is 21.1. The van der Waals surface area contributed by atoms with E-state index >= 15 is 0 Å². The van der Waals surface area contributed by atoms with Gasteiger partial charge < -0.3 is 10.2 Å². The molecule has 0 saturated carbocycles. The number of aryl methyl sites for hydroxylation is 1. The van der Waals surface area contributed by atoms with Crippen molar-refractivity contribution in [2.75, 3.05) is 18.0 Å². The van der Waals surface area contributed by atoms with E-state index in [0.29, 0.717) is 22.1 Å². The summed E-state index contributed by atoms with van der Waals surface area (Å²) in [4.78, 5) is 12.0. The Hall–Kier alpha value is -2.38. The van der Waals surface area contributed by atoms with Gasteiger partial charge in [0.1, 0.15) is 11.5 Å². The number of benzene rings is 2. The van der Waals surface area contributed by atoms with Gasteiger partial charge in [-0.1, -0.05) is 53.5 Å². The highest BCUT2D eigenvalue weighted by Crippen LogP contribution is 2.39. The molecule has 0 radical (unpaired) electrons. The van der Waals surface area contributed by atoms with E-state index in [9.17, 15) is 0 Å². The third-order valence-electron chi connectivity index (χ3n) is 6.16. The van der Waals surface area contributed by atoms with E-state index in [1.54, 1.807) is 0 Å². The van der Waals surface area contributed by atoms with Crippen LogP contribution in [-0.4, -0.2) is 44.8 Å². The molecule has 2 atom stereocenters. The van der Waals surface area contributed by atoms with E-state index in [2.05, 4.69) is 10.2 Å². The summed E-state index contributed by atoms with van der Waals surface area (Å²) >= 11 is 12.8. The van der Waals surface area contributed by atoms with Crippen LogP contribution in [0.1, 0.15) is 12.2 Å². The predicted octanol–water partition coefficient (Wildman–Crippen LogP) is 5.05. The molecule has 2 bridgehead atoms. The number of aromatic nitrogens is 4. The van der Waals surface area contributed by atoms with Gasteiger partial charge in [0.15, 0.2) is 5.65 Å². The zero-order valence-corrected chi connectivity index (χ0v) is 19.6. The number of anilines is 1. The van der Waals surface area contributed by atoms with E-state index in [-0.39, 0.29) is 12.4 Å². The Morgan fingerprint density at radius 1 is 1.03 bits per heavy atom. The molecule has 6 nitrogen and oxygen atoms in total. The summed E-state index contributed by atoms with van der Waals surface area (Å²) in [5.74, 6) is 1.56. The molecule has 0 amide bonds. The molecule has 4 aromatic rings. The Balaban J connectivity index is 0.00000216. The summed E-state index contributed by atoms with van der Waals surface area (Å²) in [7, 11) is 0. The summed E-state index contributed by atoms with van der Waals surface area (Å²) in [6, 6.07) is 16.5. The van der Waals surface area contributed by atoms with Crippen LogP contribution in [0, 0.1) is 6.92 Å². The standard InChI is InChI=1S/C23H20Cl2N6.ClH/c1-13-27-22-20(14-6-8-15(24)9-7-14)21(18-4-2-3-5-19(18)25)29-31(22)23(28-13)30-12-16-10-17(30)11-26-16;/h2-9,16-17,26H,10-12H2,1H3;1H/t16-,17-;/m0./s1. The highest BCUT2D eigenvalue weighted by Gasteiger charge is 2.40. The SMILES string of the molecule is Cc1nc(N2C[C@@H]3C[C@H]2CN3)n2nc(-c3ccccc3Cl)c(-c3ccc(Cl)cc3)c2n1.Cl. The van der Waals surface area contributed by atoms with Crippen LogP contribution in [0.15, 0.2) is 48.5 Å². The number of hydrogen-bond donors (Lipinski definition) is 1. The lowest BCUT2D eigenvalue weighted by Gasteiger charge is -2.28. The van der Waals surface area contributed by atoms with E-state index in [1.807, 2.05) is 60.0 Å². The lowest BCUT2D eigenvalue weighted by molar-refractivity contribution is 0.565. The fourth-order valence-electron chi connectivity index (χ4n) is 4.74. The Kier molecular flexibility index (Phi) is 5.50. The second-order valence-electron chi connectivity index (χ2n) is 8.16. The first-order valence-electron chi connectivity index (χ1n) is 10.4. The number of nitrogens with zero attached hydrogens (tertiary/aromatic N) is 5. The second-order valence-corrected chi connectivity index (χ2v) is 9.01. The maximum absolute atomic E-state index is 6.60. The zero-order valence-electron chi connectivity index (χ0n) is 17.3. The highest BCUT2D eigenvalue weighted by atomic mass is 35.5. The third-order valence-corrected chi connectivity index (χ3v) is 6.74. The molecule has 0 unspecified atom stereocenters. The maximum atomic E-state index is 6.60. The van der Waals surface area contributed by atoms with Crippen molar-refractivity contribution in [1.29, 1.82) is 0 Å². The lowest BCUT2D eigenvalue weighted by Crippen LogP contribution is -2.45. The molecule has 9 heteroatoms. The topological polar surface area (TPSA) is 58.4 Å². The lowest BCUT2D eigenvalue weighted by atomic mass is 10.0. The predicted molar refractivity (Wildman–Crippen MR) is 131 cm³/mol. The smallest absolute Gasteiger partial charge is 0.230 e. The van der Waals surface area contributed by atoms with Crippen molar-refractivity contribution < 1.29 is 0 Å². The minimum Gasteiger partial charge on any atom is -0.335 e. The first-order valence-corrected chi connectivity index (χ1v) is 11.1. The molecule has 2 aromatic carbocycles. The van der Waals surface area contributed by atoms with E-state index in [0.717, 1.165) is 59.3 Å². The van der Waals surface area contributed by atoms with E-state index in [1.165, 1.54) is 0 Å². The molecule has 32 heavy (non-hydrogen) atoms. The van der Waals surface area contributed by atoms with Crippen LogP contribution in [0.25, 0.3) is 28.0 Å². The van der Waals surface area contributed by atoms with Crippen molar-refractivity contribution in [3.05, 3.63) is 64.4 Å². The molecule has 4 heterocycles. The number of hydrogen-bond acceptors (Lipinski definition) is 5. The maximum Gasteiger partial charge on any atom is 0.230 e. The summed E-state index contributed by atoms with van der Waals surface area (Å²) < 4.78 is 1.89. The molecule has 2 aromatic heterocycles. The van der Waals surface area contributed by atoms with Crippen molar-refractivity contribution in [2.45, 2.75) is 25.4 Å². The first kappa shape index (κ1) is 21.5. The molecule has 2 aliphatic rings. The van der Waals surface area contributed by atoms with Crippen LogP contribution in [0.3, 0.4) is 0 Å². The number of piperazine rings is 1. The Bertz CT molecular complexity index is 1300. The minimum atomic E-state index is 0. The largest absolute Gasteiger partial charge is 0.335 e. The number of nitrogens with one attached hydrogen (secondary N) is 1. The first-order chi connectivity index (χ1) is 15.1. The van der Waals surface area contributed by atoms with Crippen molar-refractivity contribution in [3.63, 3.8) is 0 Å². The summed E-state index contributed by atoms with van der Waals surface area (Å²) in [5, 5.41) is 9.92.